The number of nitrogens with two attached hydrogens (primary N) is 1. The quantitative estimate of drug-likeness (QED) is 0.575. The van der Waals surface area contributed by atoms with E-state index in [0.717, 1.165) is 0 Å². The highest BCUT2D eigenvalue weighted by Gasteiger charge is 2.12. The smallest absolute Gasteiger partial charge is 0.185 e. The van der Waals surface area contributed by atoms with Crippen LogP contribution < -0.4 is 5.73 Å². The van der Waals surface area contributed by atoms with Crippen molar-refractivity contribution in [3.05, 3.63) is 29.6 Å². The van der Waals surface area contributed by atoms with Crippen LogP contribution in [-0.4, -0.2) is 14.2 Å². The molecule has 0 spiro atoms. The van der Waals surface area contributed by atoms with Gasteiger partial charge < -0.3 is 15.2 Å². The maximum Gasteiger partial charge on any atom is 0.185 e. The van der Waals surface area contributed by atoms with E-state index in [1.807, 2.05) is 0 Å². The van der Waals surface area contributed by atoms with Crippen molar-refractivity contribution in [1.82, 2.24) is 0 Å². The summed E-state index contributed by atoms with van der Waals surface area (Å²) in [4.78, 5) is 0. The average Bonchev–Trinajstić information content (AvgIpc) is 2.13. The summed E-state index contributed by atoms with van der Waals surface area (Å²) in [7, 11) is 2.94. The van der Waals surface area contributed by atoms with E-state index in [1.54, 1.807) is 0 Å². The molecular weight excluding hydrogens is 173 g/mol. The Morgan fingerprint density at radius 3 is 2.46 bits per heavy atom. The number of rotatable bonds is 3. The Hall–Kier alpha value is -1.13. The second kappa shape index (κ2) is 4.20. The van der Waals surface area contributed by atoms with Gasteiger partial charge in [-0.15, -0.1) is 0 Å². The number of ether oxygens (including phenoxy) is 2. The summed E-state index contributed by atoms with van der Waals surface area (Å²) in [5.41, 5.74) is 6.57. The standard InChI is InChI=1S/C9H12FNO2/c1-12-9(13-2)7-5-6(10)3-4-8(7)11/h3-5,9H,11H2,1-2H3. The lowest BCUT2D eigenvalue weighted by Crippen LogP contribution is -2.07. The number of nitrogen functional groups attached to an aromatic ring is 1. The topological polar surface area (TPSA) is 44.5 Å². The van der Waals surface area contributed by atoms with E-state index in [0.29, 0.717) is 11.3 Å². The fourth-order valence-corrected chi connectivity index (χ4v) is 1.10. The molecule has 0 amide bonds. The Morgan fingerprint density at radius 2 is 1.92 bits per heavy atom. The van der Waals surface area contributed by atoms with Crippen molar-refractivity contribution < 1.29 is 13.9 Å². The number of halogens is 1. The molecule has 0 unspecified atom stereocenters. The average molecular weight is 185 g/mol. The molecule has 72 valence electrons. The normalized spacial score (nSPS) is 10.8. The van der Waals surface area contributed by atoms with E-state index in [1.165, 1.54) is 32.4 Å². The predicted octanol–water partition coefficient (Wildman–Crippen LogP) is 1.70. The Bertz CT molecular complexity index is 287. The largest absolute Gasteiger partial charge is 0.398 e. The molecule has 0 saturated carbocycles. The second-order valence-electron chi connectivity index (χ2n) is 2.58. The molecule has 0 radical (unpaired) electrons. The van der Waals surface area contributed by atoms with E-state index in [-0.39, 0.29) is 5.82 Å². The van der Waals surface area contributed by atoms with E-state index in [2.05, 4.69) is 0 Å². The van der Waals surface area contributed by atoms with Crippen molar-refractivity contribution in [2.24, 2.45) is 0 Å². The van der Waals surface area contributed by atoms with Crippen LogP contribution in [-0.2, 0) is 9.47 Å². The third kappa shape index (κ3) is 2.17. The summed E-state index contributed by atoms with van der Waals surface area (Å²) in [5.74, 6) is -0.358. The van der Waals surface area contributed by atoms with Crippen LogP contribution in [0.5, 0.6) is 0 Å². The molecular formula is C9H12FNO2. The van der Waals surface area contributed by atoms with Gasteiger partial charge in [0.15, 0.2) is 6.29 Å². The zero-order chi connectivity index (χ0) is 9.84. The first-order valence-electron chi connectivity index (χ1n) is 3.79. The van der Waals surface area contributed by atoms with Crippen molar-refractivity contribution in [1.29, 1.82) is 0 Å². The van der Waals surface area contributed by atoms with Gasteiger partial charge in [-0.1, -0.05) is 0 Å². The first-order chi connectivity index (χ1) is 6.19. The van der Waals surface area contributed by atoms with Crippen LogP contribution in [0.4, 0.5) is 10.1 Å². The molecule has 0 heterocycles. The summed E-state index contributed by atoms with van der Waals surface area (Å²) >= 11 is 0. The molecule has 0 fully saturated rings. The lowest BCUT2D eigenvalue weighted by molar-refractivity contribution is -0.105. The van der Waals surface area contributed by atoms with Gasteiger partial charge in [0.1, 0.15) is 5.82 Å². The number of benzene rings is 1. The minimum atomic E-state index is -0.615. The highest BCUT2D eigenvalue weighted by molar-refractivity contribution is 5.47. The molecule has 0 atom stereocenters. The van der Waals surface area contributed by atoms with Crippen LogP contribution >= 0.6 is 0 Å². The Labute approximate surface area is 76.3 Å². The van der Waals surface area contributed by atoms with Gasteiger partial charge in [-0.3, -0.25) is 0 Å². The first-order valence-corrected chi connectivity index (χ1v) is 3.79. The zero-order valence-electron chi connectivity index (χ0n) is 7.58. The SMILES string of the molecule is COC(OC)c1cc(F)ccc1N. The molecule has 0 aromatic heterocycles. The van der Waals surface area contributed by atoms with Crippen LogP contribution in [0.3, 0.4) is 0 Å². The lowest BCUT2D eigenvalue weighted by Gasteiger charge is -2.15. The lowest BCUT2D eigenvalue weighted by atomic mass is 10.1. The minimum absolute atomic E-state index is 0.358. The molecule has 0 aliphatic carbocycles. The number of anilines is 1. The van der Waals surface area contributed by atoms with Crippen LogP contribution in [0.25, 0.3) is 0 Å². The van der Waals surface area contributed by atoms with E-state index in [4.69, 9.17) is 15.2 Å². The number of hydrogen-bond acceptors (Lipinski definition) is 3. The monoisotopic (exact) mass is 185 g/mol. The molecule has 0 aliphatic rings. The molecule has 4 heteroatoms. The third-order valence-electron chi connectivity index (χ3n) is 1.73. The number of hydrogen-bond donors (Lipinski definition) is 1. The van der Waals surface area contributed by atoms with E-state index in [9.17, 15) is 4.39 Å². The minimum Gasteiger partial charge on any atom is -0.398 e. The van der Waals surface area contributed by atoms with Crippen molar-refractivity contribution >= 4 is 5.69 Å². The van der Waals surface area contributed by atoms with Gasteiger partial charge in [0.2, 0.25) is 0 Å². The van der Waals surface area contributed by atoms with Gasteiger partial charge in [0.25, 0.3) is 0 Å². The van der Waals surface area contributed by atoms with Crippen LogP contribution in [0.2, 0.25) is 0 Å². The summed E-state index contributed by atoms with van der Waals surface area (Å²) < 4.78 is 22.7. The second-order valence-corrected chi connectivity index (χ2v) is 2.58. The summed E-state index contributed by atoms with van der Waals surface area (Å²) in [5, 5.41) is 0. The van der Waals surface area contributed by atoms with Crippen molar-refractivity contribution in [2.75, 3.05) is 20.0 Å². The maximum atomic E-state index is 12.8. The van der Waals surface area contributed by atoms with Gasteiger partial charge in [-0.25, -0.2) is 4.39 Å². The molecule has 13 heavy (non-hydrogen) atoms. The molecule has 2 N–H and O–H groups in total. The number of methoxy groups -OCH3 is 2. The van der Waals surface area contributed by atoms with E-state index >= 15 is 0 Å². The first kappa shape index (κ1) is 9.95. The maximum absolute atomic E-state index is 12.8. The van der Waals surface area contributed by atoms with Crippen molar-refractivity contribution in [2.45, 2.75) is 6.29 Å². The van der Waals surface area contributed by atoms with Crippen LogP contribution in [0.1, 0.15) is 11.9 Å². The molecule has 3 nitrogen and oxygen atoms in total. The molecule has 0 aliphatic heterocycles. The van der Waals surface area contributed by atoms with Crippen LogP contribution in [0.15, 0.2) is 18.2 Å². The van der Waals surface area contributed by atoms with Crippen LogP contribution in [0, 0.1) is 5.82 Å². The van der Waals surface area contributed by atoms with Gasteiger partial charge in [-0.2, -0.15) is 0 Å². The van der Waals surface area contributed by atoms with Crippen molar-refractivity contribution in [3.8, 4) is 0 Å². The summed E-state index contributed by atoms with van der Waals surface area (Å²) in [6.45, 7) is 0. The zero-order valence-corrected chi connectivity index (χ0v) is 7.58. The Morgan fingerprint density at radius 1 is 1.31 bits per heavy atom. The molecule has 1 rings (SSSR count). The highest BCUT2D eigenvalue weighted by atomic mass is 19.1. The Balaban J connectivity index is 3.03. The van der Waals surface area contributed by atoms with Gasteiger partial charge in [0, 0.05) is 25.5 Å². The molecule has 1 aromatic carbocycles. The van der Waals surface area contributed by atoms with Gasteiger partial charge in [0.05, 0.1) is 0 Å². The third-order valence-corrected chi connectivity index (χ3v) is 1.73. The highest BCUT2D eigenvalue weighted by Crippen LogP contribution is 2.24. The van der Waals surface area contributed by atoms with E-state index < -0.39 is 6.29 Å². The fraction of sp³-hybridized carbons (Fsp3) is 0.333. The van der Waals surface area contributed by atoms with Gasteiger partial charge >= 0.3 is 0 Å². The summed E-state index contributed by atoms with van der Waals surface area (Å²) in [6, 6.07) is 4.07. The predicted molar refractivity (Wildman–Crippen MR) is 47.6 cm³/mol. The molecule has 1 aromatic rings. The summed E-state index contributed by atoms with van der Waals surface area (Å²) in [6.07, 6.45) is -0.615. The van der Waals surface area contributed by atoms with Gasteiger partial charge in [-0.05, 0) is 18.2 Å². The Kier molecular flexibility index (Phi) is 3.22. The molecule has 0 saturated heterocycles. The fourth-order valence-electron chi connectivity index (χ4n) is 1.10. The van der Waals surface area contributed by atoms with Crippen molar-refractivity contribution in [3.63, 3.8) is 0 Å². The molecule has 0 bridgehead atoms.